The van der Waals surface area contributed by atoms with E-state index in [-0.39, 0.29) is 33.8 Å². The molecule has 0 saturated carbocycles. The van der Waals surface area contributed by atoms with Gasteiger partial charge in [0.05, 0.1) is 15.1 Å². The van der Waals surface area contributed by atoms with Gasteiger partial charge in [-0.25, -0.2) is 15.0 Å². The average Bonchev–Trinajstić information content (AvgIpc) is 3.63. The third-order valence-electron chi connectivity index (χ3n) is 7.87. The lowest BCUT2D eigenvalue weighted by atomic mass is 9.98. The van der Waals surface area contributed by atoms with Crippen molar-refractivity contribution in [3.8, 4) is 56.4 Å². The maximum Gasteiger partial charge on any atom is 0.164 e. The van der Waals surface area contributed by atoms with Gasteiger partial charge < -0.3 is 4.42 Å². The summed E-state index contributed by atoms with van der Waals surface area (Å²) in [4.78, 5) is 14.2. The predicted molar refractivity (Wildman–Crippen MR) is 192 cm³/mol. The Morgan fingerprint density at radius 3 is 1.79 bits per heavy atom. The van der Waals surface area contributed by atoms with Crippen molar-refractivity contribution in [1.29, 1.82) is 0 Å². The van der Waals surface area contributed by atoms with Crippen LogP contribution in [0.2, 0.25) is 0 Å². The Kier molecular flexibility index (Phi) is 4.27. The van der Waals surface area contributed by atoms with Crippen molar-refractivity contribution < 1.29 is 19.5 Å². The highest BCUT2D eigenvalue weighted by atomic mass is 16.3. The van der Waals surface area contributed by atoms with Crippen LogP contribution in [-0.2, 0) is 0 Å². The molecule has 0 aliphatic rings. The first-order valence-corrected chi connectivity index (χ1v) is 14.8. The zero-order chi connectivity index (χ0) is 40.7. The van der Waals surface area contributed by atoms with Crippen LogP contribution in [-0.4, -0.2) is 15.0 Å². The largest absolute Gasteiger partial charge is 0.456 e. The molecule has 4 nitrogen and oxygen atoms in total. The van der Waals surface area contributed by atoms with Gasteiger partial charge in [0, 0.05) is 27.5 Å². The molecular weight excluding hydrogens is 574 g/mol. The van der Waals surface area contributed by atoms with E-state index >= 15 is 0 Å². The van der Waals surface area contributed by atoms with Gasteiger partial charge in [-0.2, -0.15) is 0 Å². The lowest BCUT2D eigenvalue weighted by Crippen LogP contribution is -2.00. The van der Waals surface area contributed by atoms with Gasteiger partial charge >= 0.3 is 0 Å². The minimum absolute atomic E-state index is 0.139. The predicted octanol–water partition coefficient (Wildman–Crippen LogP) is 11.3. The summed E-state index contributed by atoms with van der Waals surface area (Å²) in [6.45, 7) is 0. The number of hydrogen-bond donors (Lipinski definition) is 0. The molecule has 0 atom stereocenters. The lowest BCUT2D eigenvalue weighted by molar-refractivity contribution is 0.669. The molecule has 4 heteroatoms. The van der Waals surface area contributed by atoms with E-state index in [1.54, 1.807) is 12.1 Å². The number of hydrogen-bond acceptors (Lipinski definition) is 4. The molecule has 0 aliphatic carbocycles. The maximum atomic E-state index is 9.33. The van der Waals surface area contributed by atoms with Crippen molar-refractivity contribution in [3.05, 3.63) is 164 Å². The summed E-state index contributed by atoms with van der Waals surface area (Å²) in [5, 5.41) is 1.31. The van der Waals surface area contributed by atoms with E-state index in [4.69, 9.17) is 28.1 Å². The second kappa shape index (κ2) is 11.2. The topological polar surface area (TPSA) is 51.8 Å². The molecule has 47 heavy (non-hydrogen) atoms. The fourth-order valence-electron chi connectivity index (χ4n) is 5.63. The Labute approximate surface area is 287 Å². The van der Waals surface area contributed by atoms with Gasteiger partial charge in [-0.3, -0.25) is 0 Å². The highest BCUT2D eigenvalue weighted by Gasteiger charge is 2.15. The third kappa shape index (κ3) is 4.93. The van der Waals surface area contributed by atoms with E-state index < -0.39 is 77.6 Å². The van der Waals surface area contributed by atoms with Gasteiger partial charge in [-0.15, -0.1) is 0 Å². The molecular formula is C43H27N3O. The molecule has 220 valence electrons. The summed E-state index contributed by atoms with van der Waals surface area (Å²) in [6, 6.07) is 23.4. The number of rotatable bonds is 5. The van der Waals surface area contributed by atoms with Crippen LogP contribution in [0.5, 0.6) is 0 Å². The summed E-state index contributed by atoms with van der Waals surface area (Å²) in [6.07, 6.45) is 0. The lowest BCUT2D eigenvalue weighted by Gasteiger charge is -2.10. The Hall–Kier alpha value is -6.39. The molecule has 0 aliphatic heterocycles. The van der Waals surface area contributed by atoms with Crippen molar-refractivity contribution in [2.75, 3.05) is 0 Å². The number of furan rings is 1. The quantitative estimate of drug-likeness (QED) is 0.194. The summed E-state index contributed by atoms with van der Waals surface area (Å²) in [5.41, 5.74) is 3.45. The average molecular weight is 613 g/mol. The minimum atomic E-state index is -0.691. The van der Waals surface area contributed by atoms with Crippen molar-refractivity contribution in [3.63, 3.8) is 0 Å². The van der Waals surface area contributed by atoms with E-state index in [0.29, 0.717) is 11.1 Å². The SMILES string of the molecule is [2H]c1c([2H])c([2H])c(-c2c([2H])c([2H])c3c([2H])c(-c4nc(-c5ccccc5)nc(-c5ccc(-c6cccc7oc8ccccc8c67)cc5)n4)c([2H])c([2H])c3c2[2H])c([2H])c1[2H]. The fourth-order valence-corrected chi connectivity index (χ4v) is 5.63. The second-order valence-electron chi connectivity index (χ2n) is 10.8. The highest BCUT2D eigenvalue weighted by molar-refractivity contribution is 6.12. The molecule has 2 heterocycles. The van der Waals surface area contributed by atoms with Gasteiger partial charge in [-0.1, -0.05) is 139 Å². The van der Waals surface area contributed by atoms with Crippen LogP contribution in [0.4, 0.5) is 0 Å². The monoisotopic (exact) mass is 612 g/mol. The zero-order valence-corrected chi connectivity index (χ0v) is 24.5. The maximum absolute atomic E-state index is 9.33. The Bertz CT molecular complexity index is 3160. The number of para-hydroxylation sites is 1. The molecule has 0 N–H and O–H groups in total. The second-order valence-corrected chi connectivity index (χ2v) is 10.8. The van der Waals surface area contributed by atoms with Crippen LogP contribution in [0.3, 0.4) is 0 Å². The van der Waals surface area contributed by atoms with Gasteiger partial charge in [0.15, 0.2) is 17.5 Å². The zero-order valence-electron chi connectivity index (χ0n) is 35.5. The number of nitrogens with zero attached hydrogens (tertiary/aromatic N) is 3. The van der Waals surface area contributed by atoms with Crippen LogP contribution in [0.15, 0.2) is 168 Å². The molecule has 7 aromatic carbocycles. The van der Waals surface area contributed by atoms with Crippen molar-refractivity contribution in [1.82, 2.24) is 15.0 Å². The summed E-state index contributed by atoms with van der Waals surface area (Å²) in [5.74, 6) is 0.285. The molecule has 0 fully saturated rings. The molecule has 0 spiro atoms. The highest BCUT2D eigenvalue weighted by Crippen LogP contribution is 2.37. The van der Waals surface area contributed by atoms with Crippen LogP contribution in [0, 0.1) is 0 Å². The van der Waals surface area contributed by atoms with E-state index in [2.05, 4.69) is 4.98 Å². The van der Waals surface area contributed by atoms with Crippen LogP contribution < -0.4 is 0 Å². The van der Waals surface area contributed by atoms with Gasteiger partial charge in [0.25, 0.3) is 0 Å². The van der Waals surface area contributed by atoms with E-state index in [1.807, 2.05) is 84.9 Å². The first kappa shape index (κ1) is 17.9. The molecule has 9 aromatic rings. The molecule has 0 amide bonds. The smallest absolute Gasteiger partial charge is 0.164 e. The summed E-state index contributed by atoms with van der Waals surface area (Å²) >= 11 is 0. The van der Waals surface area contributed by atoms with Crippen molar-refractivity contribution in [2.45, 2.75) is 0 Å². The normalized spacial score (nSPS) is 14.7. The molecule has 0 bridgehead atoms. The Morgan fingerprint density at radius 1 is 0.426 bits per heavy atom. The van der Waals surface area contributed by atoms with Crippen molar-refractivity contribution >= 4 is 32.7 Å². The minimum Gasteiger partial charge on any atom is -0.456 e. The molecule has 2 aromatic heterocycles. The molecule has 0 radical (unpaired) electrons. The van der Waals surface area contributed by atoms with Crippen molar-refractivity contribution in [2.24, 2.45) is 0 Å². The van der Waals surface area contributed by atoms with Crippen LogP contribution in [0.25, 0.3) is 89.1 Å². The van der Waals surface area contributed by atoms with Crippen LogP contribution in [0.1, 0.15) is 15.1 Å². The Balaban J connectivity index is 1.24. The molecule has 0 unspecified atom stereocenters. The Morgan fingerprint density at radius 2 is 1.02 bits per heavy atom. The standard InChI is InChI=1S/C43H27N3O/c1-3-10-28(11-4-1)32-22-23-34-27-35(25-24-33(34)26-32)43-45-41(30-12-5-2-6-13-30)44-42(46-43)31-20-18-29(19-21-31)36-15-9-17-39-40(36)37-14-7-8-16-38(37)47-39/h1-27H/i1D,3D,4D,10D,11D,22D,23D,24D,25D,26D,27D. The molecule has 9 rings (SSSR count). The summed E-state index contributed by atoms with van der Waals surface area (Å²) < 4.78 is 102. The van der Waals surface area contributed by atoms with Gasteiger partial charge in [0.1, 0.15) is 11.2 Å². The first-order valence-electron chi connectivity index (χ1n) is 20.3. The van der Waals surface area contributed by atoms with E-state index in [0.717, 1.165) is 33.1 Å². The van der Waals surface area contributed by atoms with E-state index in [1.165, 1.54) is 0 Å². The third-order valence-corrected chi connectivity index (χ3v) is 7.87. The number of fused-ring (bicyclic) bond motifs is 4. The van der Waals surface area contributed by atoms with Gasteiger partial charge in [-0.05, 0) is 57.2 Å². The van der Waals surface area contributed by atoms with E-state index in [9.17, 15) is 1.37 Å². The number of benzene rings is 7. The van der Waals surface area contributed by atoms with Gasteiger partial charge in [0.2, 0.25) is 0 Å². The first-order chi connectivity index (χ1) is 27.9. The summed E-state index contributed by atoms with van der Waals surface area (Å²) in [7, 11) is 0. The fraction of sp³-hybridized carbons (Fsp3) is 0. The number of aromatic nitrogens is 3. The molecule has 0 saturated heterocycles. The van der Waals surface area contributed by atoms with Crippen LogP contribution >= 0.6 is 0 Å².